The molecule has 148 valence electrons. The van der Waals surface area contributed by atoms with E-state index < -0.39 is 10.0 Å². The lowest BCUT2D eigenvalue weighted by molar-refractivity contribution is -0.117. The minimum absolute atomic E-state index is 0.0857. The van der Waals surface area contributed by atoms with Gasteiger partial charge in [0, 0.05) is 43.1 Å². The van der Waals surface area contributed by atoms with Gasteiger partial charge in [0.25, 0.3) is 10.0 Å². The van der Waals surface area contributed by atoms with Gasteiger partial charge in [0.15, 0.2) is 0 Å². The summed E-state index contributed by atoms with van der Waals surface area (Å²) in [5.41, 5.74) is 2.41. The van der Waals surface area contributed by atoms with Crippen molar-refractivity contribution in [1.82, 2.24) is 0 Å². The Kier molecular flexibility index (Phi) is 5.26. The zero-order chi connectivity index (χ0) is 19.6. The molecule has 28 heavy (non-hydrogen) atoms. The van der Waals surface area contributed by atoms with E-state index in [2.05, 4.69) is 9.62 Å². The maximum atomic E-state index is 12.7. The molecule has 0 bridgehead atoms. The van der Waals surface area contributed by atoms with Crippen LogP contribution in [-0.2, 0) is 14.8 Å². The third-order valence-electron chi connectivity index (χ3n) is 5.37. The number of nitrogens with one attached hydrogen (secondary N) is 1. The zero-order valence-electron chi connectivity index (χ0n) is 15.8. The molecule has 2 aromatic rings. The topological polar surface area (TPSA) is 69.7 Å². The van der Waals surface area contributed by atoms with Crippen molar-refractivity contribution in [1.29, 1.82) is 0 Å². The highest BCUT2D eigenvalue weighted by molar-refractivity contribution is 7.92. The zero-order valence-corrected chi connectivity index (χ0v) is 16.6. The molecule has 2 fully saturated rings. The monoisotopic (exact) mass is 399 g/mol. The summed E-state index contributed by atoms with van der Waals surface area (Å²) in [4.78, 5) is 16.0. The second-order valence-electron chi connectivity index (χ2n) is 7.34. The Morgan fingerprint density at radius 3 is 2.00 bits per heavy atom. The number of piperidine rings is 1. The summed E-state index contributed by atoms with van der Waals surface area (Å²) in [6.45, 7) is 2.79. The van der Waals surface area contributed by atoms with Crippen molar-refractivity contribution in [2.24, 2.45) is 0 Å². The maximum Gasteiger partial charge on any atom is 0.261 e. The summed E-state index contributed by atoms with van der Waals surface area (Å²) < 4.78 is 28.0. The smallest absolute Gasteiger partial charge is 0.261 e. The molecule has 0 aromatic heterocycles. The molecule has 7 heteroatoms. The van der Waals surface area contributed by atoms with E-state index >= 15 is 0 Å². The number of carbonyl (C=O) groups excluding carboxylic acids is 1. The minimum Gasteiger partial charge on any atom is -0.372 e. The first-order chi connectivity index (χ1) is 13.5. The fourth-order valence-corrected chi connectivity index (χ4v) is 4.89. The molecule has 4 rings (SSSR count). The van der Waals surface area contributed by atoms with E-state index in [-0.39, 0.29) is 10.8 Å². The Labute approximate surface area is 166 Å². The highest BCUT2D eigenvalue weighted by Crippen LogP contribution is 2.25. The van der Waals surface area contributed by atoms with Gasteiger partial charge in [0.05, 0.1) is 4.90 Å². The molecule has 6 nitrogen and oxygen atoms in total. The number of rotatable bonds is 5. The van der Waals surface area contributed by atoms with Gasteiger partial charge in [-0.05, 0) is 74.2 Å². The lowest BCUT2D eigenvalue weighted by Crippen LogP contribution is -2.29. The van der Waals surface area contributed by atoms with Gasteiger partial charge < -0.3 is 9.80 Å². The van der Waals surface area contributed by atoms with Crippen LogP contribution in [0.3, 0.4) is 0 Å². The minimum atomic E-state index is -3.67. The Hall–Kier alpha value is -2.54. The SMILES string of the molecule is O=C1CCCN1c1ccc(S(=O)(=O)Nc2ccc(N3CCCCC3)cc2)cc1. The van der Waals surface area contributed by atoms with Crippen molar-refractivity contribution in [3.05, 3.63) is 48.5 Å². The molecule has 0 unspecified atom stereocenters. The van der Waals surface area contributed by atoms with Crippen LogP contribution in [0.5, 0.6) is 0 Å². The third kappa shape index (κ3) is 3.99. The van der Waals surface area contributed by atoms with Crippen LogP contribution < -0.4 is 14.5 Å². The average Bonchev–Trinajstić information content (AvgIpc) is 3.15. The van der Waals surface area contributed by atoms with E-state index in [4.69, 9.17) is 0 Å². The Bertz CT molecular complexity index is 934. The molecule has 0 aliphatic carbocycles. The molecule has 0 saturated carbocycles. The first-order valence-electron chi connectivity index (χ1n) is 9.81. The van der Waals surface area contributed by atoms with Crippen molar-refractivity contribution in [2.75, 3.05) is 34.2 Å². The second kappa shape index (κ2) is 7.83. The molecule has 1 amide bonds. The average molecular weight is 400 g/mol. The summed E-state index contributed by atoms with van der Waals surface area (Å²) in [5.74, 6) is 0.0857. The van der Waals surface area contributed by atoms with Crippen LogP contribution in [0.15, 0.2) is 53.4 Å². The lowest BCUT2D eigenvalue weighted by Gasteiger charge is -2.28. The van der Waals surface area contributed by atoms with Crippen molar-refractivity contribution in [2.45, 2.75) is 37.0 Å². The number of hydrogen-bond acceptors (Lipinski definition) is 4. The number of carbonyl (C=O) groups is 1. The van der Waals surface area contributed by atoms with E-state index in [1.165, 1.54) is 19.3 Å². The standard InChI is InChI=1S/C21H25N3O3S/c25-21-5-4-16-24(21)19-10-12-20(13-11-19)28(26,27)22-17-6-8-18(9-7-17)23-14-2-1-3-15-23/h6-13,22H,1-5,14-16H2. The number of benzene rings is 2. The maximum absolute atomic E-state index is 12.7. The highest BCUT2D eigenvalue weighted by atomic mass is 32.2. The molecule has 2 aliphatic heterocycles. The molecule has 2 heterocycles. The van der Waals surface area contributed by atoms with Gasteiger partial charge in [-0.25, -0.2) is 8.42 Å². The van der Waals surface area contributed by atoms with Crippen LogP contribution in [0, 0.1) is 0 Å². The predicted octanol–water partition coefficient (Wildman–Crippen LogP) is 3.60. The van der Waals surface area contributed by atoms with Gasteiger partial charge >= 0.3 is 0 Å². The second-order valence-corrected chi connectivity index (χ2v) is 9.03. The van der Waals surface area contributed by atoms with E-state index in [1.807, 2.05) is 12.1 Å². The van der Waals surface area contributed by atoms with Crippen LogP contribution in [0.25, 0.3) is 0 Å². The first-order valence-corrected chi connectivity index (χ1v) is 11.3. The summed E-state index contributed by atoms with van der Waals surface area (Å²) in [6.07, 6.45) is 5.07. The summed E-state index contributed by atoms with van der Waals surface area (Å²) in [7, 11) is -3.67. The molecular formula is C21H25N3O3S. The van der Waals surface area contributed by atoms with Gasteiger partial charge in [-0.15, -0.1) is 0 Å². The molecule has 1 N–H and O–H groups in total. The van der Waals surface area contributed by atoms with Crippen molar-refractivity contribution >= 4 is 33.0 Å². The van der Waals surface area contributed by atoms with E-state index in [0.717, 1.165) is 30.9 Å². The van der Waals surface area contributed by atoms with Crippen molar-refractivity contribution < 1.29 is 13.2 Å². The van der Waals surface area contributed by atoms with E-state index in [0.29, 0.717) is 18.7 Å². The number of nitrogens with zero attached hydrogens (tertiary/aromatic N) is 2. The van der Waals surface area contributed by atoms with E-state index in [1.54, 1.807) is 41.3 Å². The highest BCUT2D eigenvalue weighted by Gasteiger charge is 2.22. The van der Waals surface area contributed by atoms with Crippen molar-refractivity contribution in [3.63, 3.8) is 0 Å². The quantitative estimate of drug-likeness (QED) is 0.834. The van der Waals surface area contributed by atoms with Crippen LogP contribution in [-0.4, -0.2) is 34.0 Å². The molecule has 0 atom stereocenters. The Morgan fingerprint density at radius 1 is 0.750 bits per heavy atom. The van der Waals surface area contributed by atoms with Crippen LogP contribution in [0.2, 0.25) is 0 Å². The molecule has 0 spiro atoms. The fourth-order valence-electron chi connectivity index (χ4n) is 3.83. The molecule has 2 aliphatic rings. The molecular weight excluding hydrogens is 374 g/mol. The number of sulfonamides is 1. The van der Waals surface area contributed by atoms with Crippen LogP contribution >= 0.6 is 0 Å². The fraction of sp³-hybridized carbons (Fsp3) is 0.381. The molecule has 0 radical (unpaired) electrons. The number of amides is 1. The molecule has 2 saturated heterocycles. The van der Waals surface area contributed by atoms with Gasteiger partial charge in [0.1, 0.15) is 0 Å². The Balaban J connectivity index is 1.45. The molecule has 2 aromatic carbocycles. The third-order valence-corrected chi connectivity index (χ3v) is 6.77. The summed E-state index contributed by atoms with van der Waals surface area (Å²) >= 11 is 0. The Morgan fingerprint density at radius 2 is 1.39 bits per heavy atom. The van der Waals surface area contributed by atoms with Gasteiger partial charge in [-0.2, -0.15) is 0 Å². The summed E-state index contributed by atoms with van der Waals surface area (Å²) in [5, 5.41) is 0. The van der Waals surface area contributed by atoms with Gasteiger partial charge in [-0.3, -0.25) is 9.52 Å². The van der Waals surface area contributed by atoms with Crippen LogP contribution in [0.1, 0.15) is 32.1 Å². The van der Waals surface area contributed by atoms with Gasteiger partial charge in [-0.1, -0.05) is 0 Å². The van der Waals surface area contributed by atoms with Crippen molar-refractivity contribution in [3.8, 4) is 0 Å². The van der Waals surface area contributed by atoms with Gasteiger partial charge in [0.2, 0.25) is 5.91 Å². The number of hydrogen-bond donors (Lipinski definition) is 1. The summed E-state index contributed by atoms with van der Waals surface area (Å²) in [6, 6.07) is 14.0. The van der Waals surface area contributed by atoms with E-state index in [9.17, 15) is 13.2 Å². The number of anilines is 3. The van der Waals surface area contributed by atoms with Crippen LogP contribution in [0.4, 0.5) is 17.1 Å². The lowest BCUT2D eigenvalue weighted by atomic mass is 10.1. The normalized spacial score (nSPS) is 17.8. The predicted molar refractivity (Wildman–Crippen MR) is 111 cm³/mol. The largest absolute Gasteiger partial charge is 0.372 e. The first kappa shape index (κ1) is 18.8.